The van der Waals surface area contributed by atoms with Crippen molar-refractivity contribution in [3.05, 3.63) is 77.1 Å². The van der Waals surface area contributed by atoms with Crippen LogP contribution >= 0.6 is 11.6 Å². The van der Waals surface area contributed by atoms with Crippen LogP contribution in [0.5, 0.6) is 5.75 Å². The summed E-state index contributed by atoms with van der Waals surface area (Å²) >= 11 is 5.94. The summed E-state index contributed by atoms with van der Waals surface area (Å²) in [5.41, 5.74) is 3.19. The van der Waals surface area contributed by atoms with Crippen molar-refractivity contribution in [2.75, 3.05) is 20.7 Å². The van der Waals surface area contributed by atoms with Gasteiger partial charge in [0.15, 0.2) is 5.96 Å². The van der Waals surface area contributed by atoms with Crippen molar-refractivity contribution in [1.29, 1.82) is 0 Å². The number of rotatable bonds is 7. The van der Waals surface area contributed by atoms with Crippen LogP contribution in [0.3, 0.4) is 0 Å². The van der Waals surface area contributed by atoms with Crippen LogP contribution in [0.25, 0.3) is 5.69 Å². The summed E-state index contributed by atoms with van der Waals surface area (Å²) in [4.78, 5) is 4.27. The van der Waals surface area contributed by atoms with Gasteiger partial charge in [-0.05, 0) is 42.3 Å². The Morgan fingerprint density at radius 2 is 1.93 bits per heavy atom. The number of benzene rings is 2. The molecule has 0 saturated heterocycles. The van der Waals surface area contributed by atoms with E-state index in [0.29, 0.717) is 11.6 Å². The lowest BCUT2D eigenvalue weighted by molar-refractivity contribution is 0.409. The summed E-state index contributed by atoms with van der Waals surface area (Å²) in [6, 6.07) is 15.6. The zero-order valence-electron chi connectivity index (χ0n) is 16.0. The fourth-order valence-corrected chi connectivity index (χ4v) is 2.94. The summed E-state index contributed by atoms with van der Waals surface area (Å²) in [6.07, 6.45) is 4.67. The minimum Gasteiger partial charge on any atom is -0.496 e. The molecule has 6 nitrogen and oxygen atoms in total. The SMILES string of the molecule is CN=C(NCCc1ccccc1OC)NCc1cnn(-c2ccc(Cl)cc2)c1. The van der Waals surface area contributed by atoms with E-state index in [4.69, 9.17) is 16.3 Å². The second-order valence-corrected chi connectivity index (χ2v) is 6.62. The third-order valence-corrected chi connectivity index (χ3v) is 4.54. The molecule has 0 unspecified atom stereocenters. The van der Waals surface area contributed by atoms with Crippen molar-refractivity contribution in [3.8, 4) is 11.4 Å². The summed E-state index contributed by atoms with van der Waals surface area (Å²) in [6.45, 7) is 1.38. The Hall–Kier alpha value is -2.99. The zero-order valence-corrected chi connectivity index (χ0v) is 16.8. The molecule has 28 heavy (non-hydrogen) atoms. The fraction of sp³-hybridized carbons (Fsp3) is 0.238. The second kappa shape index (κ2) is 9.80. The highest BCUT2D eigenvalue weighted by Crippen LogP contribution is 2.17. The summed E-state index contributed by atoms with van der Waals surface area (Å²) in [5.74, 6) is 1.65. The molecule has 0 radical (unpaired) electrons. The first-order valence-corrected chi connectivity index (χ1v) is 9.43. The molecular weight excluding hydrogens is 374 g/mol. The molecule has 0 spiro atoms. The van der Waals surface area contributed by atoms with E-state index in [1.807, 2.05) is 59.5 Å². The predicted octanol–water partition coefficient (Wildman–Crippen LogP) is 3.44. The van der Waals surface area contributed by atoms with Crippen LogP contribution in [0.15, 0.2) is 65.9 Å². The zero-order chi connectivity index (χ0) is 19.8. The van der Waals surface area contributed by atoms with E-state index >= 15 is 0 Å². The maximum atomic E-state index is 5.94. The molecule has 3 aromatic rings. The first kappa shape index (κ1) is 19.8. The van der Waals surface area contributed by atoms with Gasteiger partial charge in [0.05, 0.1) is 19.0 Å². The number of nitrogens with zero attached hydrogens (tertiary/aromatic N) is 3. The van der Waals surface area contributed by atoms with Crippen LogP contribution in [0.2, 0.25) is 5.02 Å². The Bertz CT molecular complexity index is 921. The predicted molar refractivity (Wildman–Crippen MR) is 113 cm³/mol. The summed E-state index contributed by atoms with van der Waals surface area (Å²) in [7, 11) is 3.45. The molecule has 0 saturated carbocycles. The number of methoxy groups -OCH3 is 1. The lowest BCUT2D eigenvalue weighted by atomic mass is 10.1. The van der Waals surface area contributed by atoms with Gasteiger partial charge >= 0.3 is 0 Å². The quantitative estimate of drug-likeness (QED) is 0.473. The monoisotopic (exact) mass is 397 g/mol. The van der Waals surface area contributed by atoms with Crippen molar-refractivity contribution in [1.82, 2.24) is 20.4 Å². The fourth-order valence-electron chi connectivity index (χ4n) is 2.82. The third-order valence-electron chi connectivity index (χ3n) is 4.29. The standard InChI is InChI=1S/C21H24ClN5O/c1-23-21(24-12-11-17-5-3-4-6-20(17)28-2)25-13-16-14-26-27(15-16)19-9-7-18(22)8-10-19/h3-10,14-15H,11-13H2,1-2H3,(H2,23,24,25). The molecule has 1 aromatic heterocycles. The van der Waals surface area contributed by atoms with Gasteiger partial charge in [-0.15, -0.1) is 0 Å². The molecule has 0 atom stereocenters. The molecule has 7 heteroatoms. The van der Waals surface area contributed by atoms with Crippen LogP contribution < -0.4 is 15.4 Å². The molecule has 0 aliphatic rings. The molecule has 0 aliphatic heterocycles. The number of guanidine groups is 1. The van der Waals surface area contributed by atoms with Gasteiger partial charge in [-0.1, -0.05) is 29.8 Å². The minimum absolute atomic E-state index is 0.627. The maximum Gasteiger partial charge on any atom is 0.191 e. The largest absolute Gasteiger partial charge is 0.496 e. The van der Waals surface area contributed by atoms with E-state index in [1.165, 1.54) is 0 Å². The van der Waals surface area contributed by atoms with E-state index in [2.05, 4.69) is 26.8 Å². The molecule has 1 heterocycles. The average molecular weight is 398 g/mol. The van der Waals surface area contributed by atoms with Crippen LogP contribution in [0.4, 0.5) is 0 Å². The molecule has 2 N–H and O–H groups in total. The Morgan fingerprint density at radius 3 is 2.68 bits per heavy atom. The average Bonchev–Trinajstić information content (AvgIpc) is 3.20. The van der Waals surface area contributed by atoms with Crippen LogP contribution in [0, 0.1) is 0 Å². The molecular formula is C21H24ClN5O. The van der Waals surface area contributed by atoms with Gasteiger partial charge in [0.2, 0.25) is 0 Å². The van der Waals surface area contributed by atoms with E-state index in [9.17, 15) is 0 Å². The lowest BCUT2D eigenvalue weighted by Gasteiger charge is -2.12. The molecule has 0 bridgehead atoms. The van der Waals surface area contributed by atoms with Gasteiger partial charge in [-0.25, -0.2) is 4.68 Å². The van der Waals surface area contributed by atoms with Crippen molar-refractivity contribution in [2.45, 2.75) is 13.0 Å². The molecule has 146 valence electrons. The Balaban J connectivity index is 1.50. The van der Waals surface area contributed by atoms with Gasteiger partial charge in [-0.3, -0.25) is 4.99 Å². The van der Waals surface area contributed by atoms with Gasteiger partial charge in [0, 0.05) is 36.9 Å². The molecule has 2 aromatic carbocycles. The Morgan fingerprint density at radius 1 is 1.14 bits per heavy atom. The summed E-state index contributed by atoms with van der Waals surface area (Å²) in [5, 5.41) is 11.7. The van der Waals surface area contributed by atoms with Crippen molar-refractivity contribution < 1.29 is 4.74 Å². The van der Waals surface area contributed by atoms with Crippen molar-refractivity contribution >= 4 is 17.6 Å². The number of aliphatic imine (C=N–C) groups is 1. The molecule has 0 amide bonds. The number of hydrogen-bond donors (Lipinski definition) is 2. The third kappa shape index (κ3) is 5.27. The van der Waals surface area contributed by atoms with E-state index in [0.717, 1.165) is 41.5 Å². The van der Waals surface area contributed by atoms with E-state index in [-0.39, 0.29) is 0 Å². The smallest absolute Gasteiger partial charge is 0.191 e. The lowest BCUT2D eigenvalue weighted by Crippen LogP contribution is -2.37. The van der Waals surface area contributed by atoms with Crippen LogP contribution in [-0.4, -0.2) is 36.4 Å². The molecule has 0 fully saturated rings. The molecule has 0 aliphatic carbocycles. The maximum absolute atomic E-state index is 5.94. The van der Waals surface area contributed by atoms with Gasteiger partial charge < -0.3 is 15.4 Å². The minimum atomic E-state index is 0.627. The second-order valence-electron chi connectivity index (χ2n) is 6.18. The number of halogens is 1. The highest BCUT2D eigenvalue weighted by Gasteiger charge is 2.05. The van der Waals surface area contributed by atoms with Crippen LogP contribution in [-0.2, 0) is 13.0 Å². The van der Waals surface area contributed by atoms with Crippen molar-refractivity contribution in [2.24, 2.45) is 4.99 Å². The van der Waals surface area contributed by atoms with Gasteiger partial charge in [-0.2, -0.15) is 5.10 Å². The van der Waals surface area contributed by atoms with Crippen LogP contribution in [0.1, 0.15) is 11.1 Å². The van der Waals surface area contributed by atoms with E-state index < -0.39 is 0 Å². The highest BCUT2D eigenvalue weighted by molar-refractivity contribution is 6.30. The van der Waals surface area contributed by atoms with E-state index in [1.54, 1.807) is 14.2 Å². The van der Waals surface area contributed by atoms with Gasteiger partial charge in [0.1, 0.15) is 5.75 Å². The van der Waals surface area contributed by atoms with Gasteiger partial charge in [0.25, 0.3) is 0 Å². The Kier molecular flexibility index (Phi) is 6.92. The Labute approximate surface area is 170 Å². The number of aromatic nitrogens is 2. The normalized spacial score (nSPS) is 11.3. The topological polar surface area (TPSA) is 63.5 Å². The number of nitrogens with one attached hydrogen (secondary N) is 2. The first-order valence-electron chi connectivity index (χ1n) is 9.05. The number of ether oxygens (including phenoxy) is 1. The number of para-hydroxylation sites is 1. The number of hydrogen-bond acceptors (Lipinski definition) is 3. The molecule has 3 rings (SSSR count). The highest BCUT2D eigenvalue weighted by atomic mass is 35.5. The first-order chi connectivity index (χ1) is 13.7. The summed E-state index contributed by atoms with van der Waals surface area (Å²) < 4.78 is 7.21. The van der Waals surface area contributed by atoms with Crippen molar-refractivity contribution in [3.63, 3.8) is 0 Å².